The van der Waals surface area contributed by atoms with Gasteiger partial charge in [0.15, 0.2) is 0 Å². The second kappa shape index (κ2) is 5.23. The van der Waals surface area contributed by atoms with Gasteiger partial charge in [-0.1, -0.05) is 18.2 Å². The van der Waals surface area contributed by atoms with Gasteiger partial charge in [0, 0.05) is 36.2 Å². The summed E-state index contributed by atoms with van der Waals surface area (Å²) in [4.78, 5) is 4.28. The van der Waals surface area contributed by atoms with Gasteiger partial charge in [-0.2, -0.15) is 0 Å². The maximum absolute atomic E-state index is 3.65. The quantitative estimate of drug-likeness (QED) is 0.862. The van der Waals surface area contributed by atoms with E-state index in [1.54, 1.807) is 10.4 Å². The van der Waals surface area contributed by atoms with Gasteiger partial charge in [0.25, 0.3) is 0 Å². The summed E-state index contributed by atoms with van der Waals surface area (Å²) in [6.45, 7) is 3.44. The number of fused-ring (bicyclic) bond motifs is 2. The number of anilines is 1. The summed E-state index contributed by atoms with van der Waals surface area (Å²) < 4.78 is 0. The molecule has 20 heavy (non-hydrogen) atoms. The van der Waals surface area contributed by atoms with Gasteiger partial charge < -0.3 is 5.32 Å². The van der Waals surface area contributed by atoms with Gasteiger partial charge in [-0.25, -0.2) is 0 Å². The zero-order valence-corrected chi connectivity index (χ0v) is 12.5. The Bertz CT molecular complexity index is 578. The Morgan fingerprint density at radius 3 is 3.05 bits per heavy atom. The summed E-state index contributed by atoms with van der Waals surface area (Å²) in [5.74, 6) is 0. The zero-order valence-electron chi connectivity index (χ0n) is 11.6. The van der Waals surface area contributed by atoms with Crippen molar-refractivity contribution in [2.45, 2.75) is 31.8 Å². The molecule has 2 aliphatic rings. The molecule has 0 fully saturated rings. The maximum Gasteiger partial charge on any atom is 0.0373 e. The number of hydrogen-bond acceptors (Lipinski definition) is 3. The highest BCUT2D eigenvalue weighted by molar-refractivity contribution is 7.10. The van der Waals surface area contributed by atoms with Crippen molar-refractivity contribution in [1.82, 2.24) is 4.90 Å². The predicted octanol–water partition coefficient (Wildman–Crippen LogP) is 3.53. The highest BCUT2D eigenvalue weighted by Gasteiger charge is 2.25. The number of aryl methyl sites for hydroxylation is 1. The molecule has 0 saturated heterocycles. The molecule has 4 rings (SSSR count). The summed E-state index contributed by atoms with van der Waals surface area (Å²) in [7, 11) is 0. The van der Waals surface area contributed by atoms with E-state index in [2.05, 4.69) is 45.9 Å². The Morgan fingerprint density at radius 2 is 2.05 bits per heavy atom. The number of thiophene rings is 1. The average molecular weight is 284 g/mol. The molecule has 0 aliphatic carbocycles. The molecule has 1 atom stereocenters. The first-order chi connectivity index (χ1) is 9.90. The molecule has 1 aromatic carbocycles. The van der Waals surface area contributed by atoms with Gasteiger partial charge in [0.1, 0.15) is 0 Å². The molecular formula is C17H20N2S. The average Bonchev–Trinajstić information content (AvgIpc) is 2.85. The molecule has 3 heterocycles. The monoisotopic (exact) mass is 284 g/mol. The predicted molar refractivity (Wildman–Crippen MR) is 85.5 cm³/mol. The van der Waals surface area contributed by atoms with Crippen LogP contribution in [0.25, 0.3) is 0 Å². The minimum absolute atomic E-state index is 0.662. The number of nitrogens with zero attached hydrogens (tertiary/aromatic N) is 1. The fraction of sp³-hybridized carbons (Fsp3) is 0.412. The van der Waals surface area contributed by atoms with Crippen LogP contribution < -0.4 is 5.32 Å². The third-order valence-corrected chi connectivity index (χ3v) is 5.67. The van der Waals surface area contributed by atoms with Crippen LogP contribution in [0.1, 0.15) is 22.4 Å². The maximum atomic E-state index is 3.65. The van der Waals surface area contributed by atoms with E-state index in [9.17, 15) is 0 Å². The Labute approximate surface area is 124 Å². The van der Waals surface area contributed by atoms with E-state index in [4.69, 9.17) is 0 Å². The normalized spacial score (nSPS) is 22.5. The van der Waals surface area contributed by atoms with E-state index in [1.165, 1.54) is 37.1 Å². The van der Waals surface area contributed by atoms with Crippen LogP contribution in [0.4, 0.5) is 5.69 Å². The van der Waals surface area contributed by atoms with E-state index in [0.29, 0.717) is 6.04 Å². The molecule has 2 aliphatic heterocycles. The summed E-state index contributed by atoms with van der Waals surface area (Å²) in [6, 6.07) is 11.7. The summed E-state index contributed by atoms with van der Waals surface area (Å²) in [6.07, 6.45) is 3.70. The molecule has 104 valence electrons. The van der Waals surface area contributed by atoms with Crippen molar-refractivity contribution in [3.63, 3.8) is 0 Å². The number of nitrogens with one attached hydrogen (secondary N) is 1. The molecule has 0 bridgehead atoms. The van der Waals surface area contributed by atoms with Crippen LogP contribution in [0, 0.1) is 0 Å². The minimum Gasteiger partial charge on any atom is -0.383 e. The van der Waals surface area contributed by atoms with Gasteiger partial charge in [-0.15, -0.1) is 11.3 Å². The SMILES string of the molecule is c1ccc2c(c1)CCC(N1CCc3sccc3C1)CN2. The lowest BCUT2D eigenvalue weighted by Crippen LogP contribution is -2.42. The van der Waals surface area contributed by atoms with E-state index in [1.807, 2.05) is 11.3 Å². The molecule has 2 nitrogen and oxygen atoms in total. The van der Waals surface area contributed by atoms with E-state index in [0.717, 1.165) is 13.1 Å². The van der Waals surface area contributed by atoms with Crippen LogP contribution in [0.2, 0.25) is 0 Å². The molecule has 0 spiro atoms. The van der Waals surface area contributed by atoms with Gasteiger partial charge in [0.05, 0.1) is 0 Å². The van der Waals surface area contributed by atoms with Gasteiger partial charge in [0.2, 0.25) is 0 Å². The van der Waals surface area contributed by atoms with Crippen LogP contribution in [0.5, 0.6) is 0 Å². The molecule has 3 heteroatoms. The van der Waals surface area contributed by atoms with Crippen molar-refractivity contribution >= 4 is 17.0 Å². The molecular weight excluding hydrogens is 264 g/mol. The Kier molecular flexibility index (Phi) is 3.25. The fourth-order valence-corrected chi connectivity index (χ4v) is 4.35. The second-order valence-electron chi connectivity index (χ2n) is 5.82. The molecule has 0 amide bonds. The molecule has 2 aromatic rings. The van der Waals surface area contributed by atoms with Crippen molar-refractivity contribution in [2.24, 2.45) is 0 Å². The van der Waals surface area contributed by atoms with Gasteiger partial charge >= 0.3 is 0 Å². The lowest BCUT2D eigenvalue weighted by atomic mass is 10.0. The summed E-state index contributed by atoms with van der Waals surface area (Å²) >= 11 is 1.93. The first kappa shape index (κ1) is 12.4. The molecule has 1 N–H and O–H groups in total. The van der Waals surface area contributed by atoms with E-state index >= 15 is 0 Å². The van der Waals surface area contributed by atoms with Gasteiger partial charge in [-0.05, 0) is 47.9 Å². The third kappa shape index (κ3) is 2.25. The summed E-state index contributed by atoms with van der Waals surface area (Å²) in [5, 5.41) is 5.90. The first-order valence-electron chi connectivity index (χ1n) is 7.51. The molecule has 1 aromatic heterocycles. The highest BCUT2D eigenvalue weighted by atomic mass is 32.1. The lowest BCUT2D eigenvalue weighted by molar-refractivity contribution is 0.180. The Morgan fingerprint density at radius 1 is 1.10 bits per heavy atom. The molecule has 0 saturated carbocycles. The smallest absolute Gasteiger partial charge is 0.0373 e. The van der Waals surface area contributed by atoms with Gasteiger partial charge in [-0.3, -0.25) is 4.90 Å². The van der Waals surface area contributed by atoms with E-state index in [-0.39, 0.29) is 0 Å². The highest BCUT2D eigenvalue weighted by Crippen LogP contribution is 2.28. The van der Waals surface area contributed by atoms with Crippen LogP contribution in [0.15, 0.2) is 35.7 Å². The van der Waals surface area contributed by atoms with Crippen molar-refractivity contribution in [2.75, 3.05) is 18.4 Å². The van der Waals surface area contributed by atoms with Crippen LogP contribution in [-0.4, -0.2) is 24.0 Å². The zero-order chi connectivity index (χ0) is 13.4. The number of hydrogen-bond donors (Lipinski definition) is 1. The Balaban J connectivity index is 1.49. The third-order valence-electron chi connectivity index (χ3n) is 4.65. The minimum atomic E-state index is 0.662. The lowest BCUT2D eigenvalue weighted by Gasteiger charge is -2.34. The number of benzene rings is 1. The first-order valence-corrected chi connectivity index (χ1v) is 8.39. The fourth-order valence-electron chi connectivity index (χ4n) is 3.46. The van der Waals surface area contributed by atoms with Crippen molar-refractivity contribution in [1.29, 1.82) is 0 Å². The Hall–Kier alpha value is -1.32. The molecule has 1 unspecified atom stereocenters. The van der Waals surface area contributed by atoms with Crippen molar-refractivity contribution in [3.05, 3.63) is 51.7 Å². The van der Waals surface area contributed by atoms with E-state index < -0.39 is 0 Å². The van der Waals surface area contributed by atoms with Crippen molar-refractivity contribution in [3.8, 4) is 0 Å². The van der Waals surface area contributed by atoms with Crippen molar-refractivity contribution < 1.29 is 0 Å². The largest absolute Gasteiger partial charge is 0.383 e. The standard InChI is InChI=1S/C17H20N2S/c1-2-4-16-13(3-1)5-6-15(11-18-16)19-9-7-17-14(12-19)8-10-20-17/h1-4,8,10,15,18H,5-7,9,11-12H2. The summed E-state index contributed by atoms with van der Waals surface area (Å²) in [5.41, 5.74) is 4.37. The van der Waals surface area contributed by atoms with Crippen LogP contribution in [0.3, 0.4) is 0 Å². The molecule has 0 radical (unpaired) electrons. The number of rotatable bonds is 1. The van der Waals surface area contributed by atoms with Crippen LogP contribution in [-0.2, 0) is 19.4 Å². The topological polar surface area (TPSA) is 15.3 Å². The van der Waals surface area contributed by atoms with Crippen LogP contribution >= 0.6 is 11.3 Å². The second-order valence-corrected chi connectivity index (χ2v) is 6.82. The number of para-hydroxylation sites is 1.